The third kappa shape index (κ3) is 2.37. The summed E-state index contributed by atoms with van der Waals surface area (Å²) in [4.78, 5) is 0. The summed E-state index contributed by atoms with van der Waals surface area (Å²) >= 11 is 0. The van der Waals surface area contributed by atoms with Crippen molar-refractivity contribution in [2.75, 3.05) is 0 Å². The Hall–Kier alpha value is -6.50. The van der Waals surface area contributed by atoms with Gasteiger partial charge in [0.15, 0.2) is 0 Å². The molecule has 0 atom stereocenters. The highest BCUT2D eigenvalue weighted by atomic mass is 14.3. The highest BCUT2D eigenvalue weighted by Gasteiger charge is 2.24. The molecule has 0 radical (unpaired) electrons. The molecule has 15 aromatic rings. The van der Waals surface area contributed by atoms with Crippen LogP contribution in [-0.4, -0.2) is 0 Å². The van der Waals surface area contributed by atoms with Gasteiger partial charge in [0.25, 0.3) is 0 Å². The first kappa shape index (κ1) is 23.8. The standard InChI is InChI=1S/C50H22/c1-5-25-9-13-33-37-19-29-17-31-21-39-35-15-11-27-7-3-24-4-8-28-12-16-36(50-46(28)42(24)45(27)49(35)50)40(39)22-32(31)18-30(29)20-38(37)34-14-10-26-6-2-23(1)41-43(25)47(33)48(34)44(26)41/h1-22H. The molecule has 0 saturated carbocycles. The van der Waals surface area contributed by atoms with Gasteiger partial charge in [0.1, 0.15) is 0 Å². The lowest BCUT2D eigenvalue weighted by Gasteiger charge is -2.14. The number of fused-ring (bicyclic) bond motifs is 8. The molecule has 50 heavy (non-hydrogen) atoms. The van der Waals surface area contributed by atoms with Gasteiger partial charge in [-0.2, -0.15) is 0 Å². The van der Waals surface area contributed by atoms with Crippen LogP contribution in [0.3, 0.4) is 0 Å². The van der Waals surface area contributed by atoms with E-state index in [4.69, 9.17) is 0 Å². The fraction of sp³-hybridized carbons (Fsp3) is 0. The second-order valence-corrected chi connectivity index (χ2v) is 15.1. The maximum absolute atomic E-state index is 2.48. The summed E-state index contributed by atoms with van der Waals surface area (Å²) in [6.07, 6.45) is 0. The van der Waals surface area contributed by atoms with Crippen molar-refractivity contribution >= 4 is 151 Å². The number of hydrogen-bond acceptors (Lipinski definition) is 0. The van der Waals surface area contributed by atoms with Crippen LogP contribution >= 0.6 is 0 Å². The van der Waals surface area contributed by atoms with Gasteiger partial charge in [-0.1, -0.05) is 97.1 Å². The van der Waals surface area contributed by atoms with Crippen LogP contribution in [0.5, 0.6) is 0 Å². The highest BCUT2D eigenvalue weighted by molar-refractivity contribution is 6.50. The molecule has 0 nitrogen and oxygen atoms in total. The minimum atomic E-state index is 1.30. The second-order valence-electron chi connectivity index (χ2n) is 15.1. The predicted molar refractivity (Wildman–Crippen MR) is 219 cm³/mol. The van der Waals surface area contributed by atoms with Crippen LogP contribution < -0.4 is 0 Å². The van der Waals surface area contributed by atoms with Gasteiger partial charge < -0.3 is 0 Å². The van der Waals surface area contributed by atoms with Crippen LogP contribution in [0.4, 0.5) is 0 Å². The predicted octanol–water partition coefficient (Wildman–Crippen LogP) is 14.5. The lowest BCUT2D eigenvalue weighted by Crippen LogP contribution is -1.86. The third-order valence-electron chi connectivity index (χ3n) is 13.0. The molecule has 222 valence electrons. The lowest BCUT2D eigenvalue weighted by atomic mass is 9.89. The first-order chi connectivity index (χ1) is 24.8. The Morgan fingerprint density at radius 2 is 0.340 bits per heavy atom. The van der Waals surface area contributed by atoms with E-state index in [2.05, 4.69) is 133 Å². The first-order valence-electron chi connectivity index (χ1n) is 17.7. The highest BCUT2D eigenvalue weighted by Crippen LogP contribution is 2.53. The SMILES string of the molecule is c1c2cc3c(cc2cc2cc4c(cc12)c1ccc2ccc5ccc6ccc4c4c6c5c2c14)c1ccc2ccc4ccc5ccc3c3c5c4c2c13. The van der Waals surface area contributed by atoms with E-state index in [1.54, 1.807) is 0 Å². The van der Waals surface area contributed by atoms with Gasteiger partial charge in [-0.3, -0.25) is 0 Å². The monoisotopic (exact) mass is 622 g/mol. The molecule has 0 aliphatic heterocycles. The van der Waals surface area contributed by atoms with E-state index in [-0.39, 0.29) is 0 Å². The van der Waals surface area contributed by atoms with Crippen molar-refractivity contribution < 1.29 is 0 Å². The molecule has 15 aromatic carbocycles. The van der Waals surface area contributed by atoms with Gasteiger partial charge in [0.05, 0.1) is 0 Å². The fourth-order valence-corrected chi connectivity index (χ4v) is 11.0. The van der Waals surface area contributed by atoms with Crippen LogP contribution in [0.1, 0.15) is 0 Å². The average molecular weight is 623 g/mol. The van der Waals surface area contributed by atoms with Crippen LogP contribution in [0.25, 0.3) is 151 Å². The molecule has 0 N–H and O–H groups in total. The van der Waals surface area contributed by atoms with Crippen LogP contribution in [0.2, 0.25) is 0 Å². The van der Waals surface area contributed by atoms with E-state index < -0.39 is 0 Å². The summed E-state index contributed by atoms with van der Waals surface area (Å²) in [6.45, 7) is 0. The Kier molecular flexibility index (Phi) is 3.51. The molecule has 0 aliphatic carbocycles. The largest absolute Gasteiger partial charge is 0.0537 e. The third-order valence-corrected chi connectivity index (χ3v) is 13.0. The minimum absolute atomic E-state index is 1.30. The Morgan fingerprint density at radius 1 is 0.140 bits per heavy atom. The maximum Gasteiger partial charge on any atom is -0.000740 e. The first-order valence-corrected chi connectivity index (χ1v) is 17.7. The van der Waals surface area contributed by atoms with Gasteiger partial charge >= 0.3 is 0 Å². The molecule has 0 fully saturated rings. The Morgan fingerprint density at radius 3 is 0.580 bits per heavy atom. The zero-order valence-electron chi connectivity index (χ0n) is 26.7. The number of hydrogen-bond donors (Lipinski definition) is 0. The summed E-state index contributed by atoms with van der Waals surface area (Å²) in [6, 6.07) is 52.1. The molecule has 15 rings (SSSR count). The molecule has 0 amide bonds. The second kappa shape index (κ2) is 7.39. The molecule has 0 heterocycles. The molecule has 0 saturated heterocycles. The van der Waals surface area contributed by atoms with E-state index in [1.807, 2.05) is 0 Å². The van der Waals surface area contributed by atoms with Gasteiger partial charge in [-0.05, 0) is 187 Å². The topological polar surface area (TPSA) is 0 Å². The molecule has 0 unspecified atom stereocenters. The minimum Gasteiger partial charge on any atom is -0.0537 e. The zero-order chi connectivity index (χ0) is 31.7. The number of rotatable bonds is 0. The zero-order valence-corrected chi connectivity index (χ0v) is 26.7. The fourth-order valence-electron chi connectivity index (χ4n) is 11.0. The average Bonchev–Trinajstić information content (AvgIpc) is 3.72. The van der Waals surface area contributed by atoms with Crippen molar-refractivity contribution in [1.29, 1.82) is 0 Å². The molecule has 0 aliphatic rings. The van der Waals surface area contributed by atoms with Gasteiger partial charge in [-0.25, -0.2) is 0 Å². The Labute approximate surface area is 283 Å². The molecule has 0 bridgehead atoms. The molecule has 0 spiro atoms. The van der Waals surface area contributed by atoms with Crippen molar-refractivity contribution in [1.82, 2.24) is 0 Å². The van der Waals surface area contributed by atoms with E-state index in [0.717, 1.165) is 0 Å². The smallest absolute Gasteiger partial charge is 0.000740 e. The van der Waals surface area contributed by atoms with Gasteiger partial charge in [0.2, 0.25) is 0 Å². The number of benzene rings is 13. The van der Waals surface area contributed by atoms with E-state index in [9.17, 15) is 0 Å². The van der Waals surface area contributed by atoms with Crippen molar-refractivity contribution in [2.45, 2.75) is 0 Å². The van der Waals surface area contributed by atoms with Crippen molar-refractivity contribution in [2.24, 2.45) is 0 Å². The van der Waals surface area contributed by atoms with Crippen LogP contribution in [0, 0.1) is 0 Å². The summed E-state index contributed by atoms with van der Waals surface area (Å²) in [7, 11) is 0. The van der Waals surface area contributed by atoms with Gasteiger partial charge in [-0.15, -0.1) is 0 Å². The lowest BCUT2D eigenvalue weighted by molar-refractivity contribution is 1.86. The van der Waals surface area contributed by atoms with Crippen molar-refractivity contribution in [3.63, 3.8) is 0 Å². The molecule has 0 aromatic heterocycles. The summed E-state index contributed by atoms with van der Waals surface area (Å²) in [5, 5.41) is 38.5. The summed E-state index contributed by atoms with van der Waals surface area (Å²) < 4.78 is 0. The molecular formula is C50H22. The summed E-state index contributed by atoms with van der Waals surface area (Å²) in [5.41, 5.74) is 0. The normalized spacial score (nSPS) is 13.6. The van der Waals surface area contributed by atoms with Crippen LogP contribution in [0.15, 0.2) is 133 Å². The molecule has 0 heteroatoms. The van der Waals surface area contributed by atoms with Crippen LogP contribution in [-0.2, 0) is 0 Å². The Balaban J connectivity index is 1.12. The molecular weight excluding hydrogens is 601 g/mol. The maximum atomic E-state index is 2.48. The van der Waals surface area contributed by atoms with Crippen molar-refractivity contribution in [3.8, 4) is 0 Å². The quantitative estimate of drug-likeness (QED) is 0.117. The van der Waals surface area contributed by atoms with E-state index in [0.29, 0.717) is 0 Å². The Bertz CT molecular complexity index is 3470. The van der Waals surface area contributed by atoms with E-state index in [1.165, 1.54) is 151 Å². The van der Waals surface area contributed by atoms with E-state index >= 15 is 0 Å². The van der Waals surface area contributed by atoms with Crippen molar-refractivity contribution in [3.05, 3.63) is 133 Å². The van der Waals surface area contributed by atoms with Gasteiger partial charge in [0, 0.05) is 0 Å². The summed E-state index contributed by atoms with van der Waals surface area (Å²) in [5.74, 6) is 0.